The van der Waals surface area contributed by atoms with Gasteiger partial charge in [0.05, 0.1) is 7.11 Å². The molecule has 2 heterocycles. The molecule has 1 fully saturated rings. The van der Waals surface area contributed by atoms with Gasteiger partial charge in [0, 0.05) is 49.8 Å². The summed E-state index contributed by atoms with van der Waals surface area (Å²) in [4.78, 5) is 9.41. The maximum absolute atomic E-state index is 5.75. The average Bonchev–Trinajstić information content (AvgIpc) is 2.73. The first kappa shape index (κ1) is 19.6. The first-order valence-corrected chi connectivity index (χ1v) is 9.95. The molecular weight excluding hydrogens is 336 g/mol. The van der Waals surface area contributed by atoms with Crippen molar-refractivity contribution in [2.24, 2.45) is 5.73 Å². The third kappa shape index (κ3) is 5.21. The Morgan fingerprint density at radius 1 is 1.22 bits per heavy atom. The molecule has 0 saturated carbocycles. The second-order valence-corrected chi connectivity index (χ2v) is 7.38. The second kappa shape index (κ2) is 9.72. The summed E-state index contributed by atoms with van der Waals surface area (Å²) in [6, 6.07) is 13.7. The summed E-state index contributed by atoms with van der Waals surface area (Å²) >= 11 is 0. The Balaban J connectivity index is 1.73. The van der Waals surface area contributed by atoms with Gasteiger partial charge < -0.3 is 20.3 Å². The number of rotatable bonds is 8. The van der Waals surface area contributed by atoms with E-state index in [0.29, 0.717) is 12.1 Å². The van der Waals surface area contributed by atoms with Crippen LogP contribution in [0.2, 0.25) is 0 Å². The Morgan fingerprint density at radius 3 is 2.56 bits per heavy atom. The number of ether oxygens (including phenoxy) is 1. The zero-order chi connectivity index (χ0) is 19.1. The van der Waals surface area contributed by atoms with Crippen LogP contribution in [0.3, 0.4) is 0 Å². The number of anilines is 1. The predicted octanol–water partition coefficient (Wildman–Crippen LogP) is 3.30. The number of piperidine rings is 1. The van der Waals surface area contributed by atoms with Crippen LogP contribution in [0.4, 0.5) is 5.69 Å². The summed E-state index contributed by atoms with van der Waals surface area (Å²) in [7, 11) is 1.71. The van der Waals surface area contributed by atoms with E-state index >= 15 is 0 Å². The maximum Gasteiger partial charge on any atom is 0.119 e. The van der Waals surface area contributed by atoms with Crippen LogP contribution < -0.4 is 15.4 Å². The largest absolute Gasteiger partial charge is 0.497 e. The number of hydrogen-bond donors (Lipinski definition) is 1. The van der Waals surface area contributed by atoms with Gasteiger partial charge in [0.15, 0.2) is 0 Å². The van der Waals surface area contributed by atoms with Crippen LogP contribution in [0, 0.1) is 0 Å². The van der Waals surface area contributed by atoms with Gasteiger partial charge >= 0.3 is 0 Å². The molecule has 3 rings (SSSR count). The lowest BCUT2D eigenvalue weighted by Crippen LogP contribution is -2.47. The van der Waals surface area contributed by atoms with Gasteiger partial charge in [-0.3, -0.25) is 4.98 Å². The Kier molecular flexibility index (Phi) is 7.07. The number of nitrogens with two attached hydrogens (primary N) is 1. The molecule has 0 spiro atoms. The highest BCUT2D eigenvalue weighted by Gasteiger charge is 2.27. The molecule has 0 amide bonds. The topological polar surface area (TPSA) is 54.6 Å². The molecule has 0 aliphatic carbocycles. The molecule has 2 N–H and O–H groups in total. The zero-order valence-electron chi connectivity index (χ0n) is 16.6. The fourth-order valence-electron chi connectivity index (χ4n) is 3.96. The number of likely N-dealkylation sites (tertiary alicyclic amines) is 1. The summed E-state index contributed by atoms with van der Waals surface area (Å²) in [5.41, 5.74) is 8.23. The normalized spacial score (nSPS) is 16.9. The fraction of sp³-hybridized carbons (Fsp3) is 0.500. The summed E-state index contributed by atoms with van der Waals surface area (Å²) in [6.45, 7) is 6.20. The molecular formula is C22H32N4O. The monoisotopic (exact) mass is 368 g/mol. The quantitative estimate of drug-likeness (QED) is 0.775. The molecule has 1 unspecified atom stereocenters. The first-order valence-electron chi connectivity index (χ1n) is 9.95. The fourth-order valence-corrected chi connectivity index (χ4v) is 3.96. The molecule has 1 aromatic carbocycles. The van der Waals surface area contributed by atoms with Crippen molar-refractivity contribution in [3.63, 3.8) is 0 Å². The van der Waals surface area contributed by atoms with Crippen LogP contribution in [0.15, 0.2) is 48.8 Å². The van der Waals surface area contributed by atoms with E-state index in [1.165, 1.54) is 24.1 Å². The molecule has 1 saturated heterocycles. The minimum absolute atomic E-state index is 0.528. The summed E-state index contributed by atoms with van der Waals surface area (Å²) in [6.07, 6.45) is 7.21. The van der Waals surface area contributed by atoms with Crippen LogP contribution in [0.1, 0.15) is 31.7 Å². The van der Waals surface area contributed by atoms with Gasteiger partial charge in [-0.05, 0) is 68.6 Å². The Labute approximate surface area is 163 Å². The van der Waals surface area contributed by atoms with Crippen molar-refractivity contribution in [1.82, 2.24) is 9.88 Å². The smallest absolute Gasteiger partial charge is 0.119 e. The lowest BCUT2D eigenvalue weighted by Gasteiger charge is -2.42. The Hall–Kier alpha value is -2.11. The number of hydrogen-bond acceptors (Lipinski definition) is 5. The minimum atomic E-state index is 0.528. The van der Waals surface area contributed by atoms with Crippen LogP contribution >= 0.6 is 0 Å². The highest BCUT2D eigenvalue weighted by atomic mass is 16.5. The van der Waals surface area contributed by atoms with E-state index in [-0.39, 0.29) is 0 Å². The molecule has 0 bridgehead atoms. The van der Waals surface area contributed by atoms with E-state index in [4.69, 9.17) is 10.5 Å². The van der Waals surface area contributed by atoms with Crippen LogP contribution in [0.5, 0.6) is 5.75 Å². The van der Waals surface area contributed by atoms with Crippen molar-refractivity contribution < 1.29 is 4.74 Å². The molecule has 1 aromatic heterocycles. The van der Waals surface area contributed by atoms with Crippen molar-refractivity contribution in [1.29, 1.82) is 0 Å². The van der Waals surface area contributed by atoms with E-state index < -0.39 is 0 Å². The number of benzene rings is 1. The number of nitrogens with zero attached hydrogens (tertiary/aromatic N) is 3. The van der Waals surface area contributed by atoms with Gasteiger partial charge in [-0.15, -0.1) is 0 Å². The maximum atomic E-state index is 5.75. The molecule has 1 aliphatic heterocycles. The summed E-state index contributed by atoms with van der Waals surface area (Å²) in [5.74, 6) is 0.894. The Morgan fingerprint density at radius 2 is 1.96 bits per heavy atom. The van der Waals surface area contributed by atoms with E-state index in [1.807, 2.05) is 30.6 Å². The number of methoxy groups -OCH3 is 1. The number of pyridine rings is 1. The van der Waals surface area contributed by atoms with Crippen LogP contribution in [-0.4, -0.2) is 48.7 Å². The lowest BCUT2D eigenvalue weighted by atomic mass is 9.99. The van der Waals surface area contributed by atoms with Crippen molar-refractivity contribution in [2.75, 3.05) is 31.6 Å². The van der Waals surface area contributed by atoms with Gasteiger partial charge in [0.1, 0.15) is 5.75 Å². The molecule has 27 heavy (non-hydrogen) atoms. The minimum Gasteiger partial charge on any atom is -0.497 e. The lowest BCUT2D eigenvalue weighted by molar-refractivity contribution is 0.154. The third-order valence-corrected chi connectivity index (χ3v) is 5.63. The van der Waals surface area contributed by atoms with Crippen LogP contribution in [-0.2, 0) is 6.54 Å². The average molecular weight is 369 g/mol. The van der Waals surface area contributed by atoms with Gasteiger partial charge in [0.2, 0.25) is 0 Å². The third-order valence-electron chi connectivity index (χ3n) is 5.63. The SMILES string of the molecule is COc1ccc(N(Cc2cccnc2)C2CCN(C(C)CCN)CC2)cc1. The van der Waals surface area contributed by atoms with Crippen molar-refractivity contribution in [2.45, 2.75) is 44.8 Å². The molecule has 0 radical (unpaired) electrons. The van der Waals surface area contributed by atoms with Gasteiger partial charge in [0.25, 0.3) is 0 Å². The molecule has 5 heteroatoms. The highest BCUT2D eigenvalue weighted by molar-refractivity contribution is 5.50. The molecule has 5 nitrogen and oxygen atoms in total. The van der Waals surface area contributed by atoms with E-state index in [2.05, 4.69) is 39.9 Å². The summed E-state index contributed by atoms with van der Waals surface area (Å²) in [5, 5.41) is 0. The zero-order valence-corrected chi connectivity index (χ0v) is 16.6. The van der Waals surface area contributed by atoms with E-state index in [1.54, 1.807) is 7.11 Å². The molecule has 1 atom stereocenters. The van der Waals surface area contributed by atoms with E-state index in [9.17, 15) is 0 Å². The first-order chi connectivity index (χ1) is 13.2. The Bertz CT molecular complexity index is 668. The molecule has 2 aromatic rings. The molecule has 1 aliphatic rings. The number of aromatic nitrogens is 1. The second-order valence-electron chi connectivity index (χ2n) is 7.38. The van der Waals surface area contributed by atoms with Gasteiger partial charge in [-0.1, -0.05) is 6.07 Å². The highest BCUT2D eigenvalue weighted by Crippen LogP contribution is 2.28. The van der Waals surface area contributed by atoms with Crippen molar-refractivity contribution >= 4 is 5.69 Å². The van der Waals surface area contributed by atoms with Gasteiger partial charge in [-0.25, -0.2) is 0 Å². The van der Waals surface area contributed by atoms with Crippen LogP contribution in [0.25, 0.3) is 0 Å². The standard InChI is InChI=1S/C22H32N4O/c1-18(9-12-23)25-14-10-21(11-15-25)26(17-19-4-3-13-24-16-19)20-5-7-22(27-2)8-6-20/h3-8,13,16,18,21H,9-12,14-15,17,23H2,1-2H3. The van der Waals surface area contributed by atoms with Gasteiger partial charge in [-0.2, -0.15) is 0 Å². The van der Waals surface area contributed by atoms with Crippen molar-refractivity contribution in [3.8, 4) is 5.75 Å². The molecule has 146 valence electrons. The summed E-state index contributed by atoms with van der Waals surface area (Å²) < 4.78 is 5.33. The van der Waals surface area contributed by atoms with Crippen molar-refractivity contribution in [3.05, 3.63) is 54.4 Å². The predicted molar refractivity (Wildman–Crippen MR) is 111 cm³/mol. The van der Waals surface area contributed by atoms with E-state index in [0.717, 1.165) is 38.3 Å².